The molecule has 0 aromatic heterocycles. The molecule has 0 aliphatic carbocycles. The Hall–Kier alpha value is -2.78. The molecule has 2 aromatic rings. The third-order valence-corrected chi connectivity index (χ3v) is 7.00. The first-order valence-corrected chi connectivity index (χ1v) is 11.8. The Balaban J connectivity index is 1.58. The first kappa shape index (κ1) is 21.5. The fraction of sp³-hybridized carbons (Fsp3) is 0.409. The van der Waals surface area contributed by atoms with Crippen LogP contribution in [0.3, 0.4) is 0 Å². The SMILES string of the molecule is CN(C)C1CCCN(C(=O)c2ccccc2NS(=O)(=O)c2ccc3c(c2)OCCO3)C1. The van der Waals surface area contributed by atoms with E-state index in [1.807, 2.05) is 14.1 Å². The zero-order chi connectivity index (χ0) is 22.0. The Morgan fingerprint density at radius 3 is 2.61 bits per heavy atom. The maximum Gasteiger partial charge on any atom is 0.262 e. The molecule has 8 nitrogen and oxygen atoms in total. The van der Waals surface area contributed by atoms with E-state index < -0.39 is 10.0 Å². The number of likely N-dealkylation sites (N-methyl/N-ethyl adjacent to an activating group) is 1. The lowest BCUT2D eigenvalue weighted by Crippen LogP contribution is -2.47. The van der Waals surface area contributed by atoms with Gasteiger partial charge in [0.25, 0.3) is 15.9 Å². The van der Waals surface area contributed by atoms with Gasteiger partial charge in [-0.3, -0.25) is 9.52 Å². The lowest BCUT2D eigenvalue weighted by Gasteiger charge is -2.36. The van der Waals surface area contributed by atoms with Gasteiger partial charge in [-0.15, -0.1) is 0 Å². The molecule has 1 saturated heterocycles. The van der Waals surface area contributed by atoms with Crippen molar-refractivity contribution in [2.75, 3.05) is 45.1 Å². The molecule has 1 unspecified atom stereocenters. The van der Waals surface area contributed by atoms with Crippen molar-refractivity contribution in [3.63, 3.8) is 0 Å². The Labute approximate surface area is 182 Å². The molecule has 31 heavy (non-hydrogen) atoms. The van der Waals surface area contributed by atoms with Crippen LogP contribution in [0.5, 0.6) is 11.5 Å². The molecule has 1 fully saturated rings. The van der Waals surface area contributed by atoms with Crippen LogP contribution >= 0.6 is 0 Å². The van der Waals surface area contributed by atoms with Crippen LogP contribution in [-0.4, -0.2) is 70.6 Å². The third kappa shape index (κ3) is 4.62. The minimum absolute atomic E-state index is 0.0460. The Morgan fingerprint density at radius 2 is 1.84 bits per heavy atom. The molecular weight excluding hydrogens is 418 g/mol. The number of benzene rings is 2. The lowest BCUT2D eigenvalue weighted by molar-refractivity contribution is 0.0636. The predicted octanol–water partition coefficient (Wildman–Crippen LogP) is 2.42. The summed E-state index contributed by atoms with van der Waals surface area (Å²) in [7, 11) is 0.0937. The number of para-hydroxylation sites is 1. The molecule has 1 atom stereocenters. The number of carbonyl (C=O) groups is 1. The van der Waals surface area contributed by atoms with Crippen LogP contribution in [0.25, 0.3) is 0 Å². The van der Waals surface area contributed by atoms with Gasteiger partial charge in [0.05, 0.1) is 16.1 Å². The number of nitrogens with zero attached hydrogens (tertiary/aromatic N) is 2. The van der Waals surface area contributed by atoms with E-state index in [9.17, 15) is 13.2 Å². The molecule has 4 rings (SSSR count). The van der Waals surface area contributed by atoms with Crippen LogP contribution < -0.4 is 14.2 Å². The zero-order valence-corrected chi connectivity index (χ0v) is 18.5. The summed E-state index contributed by atoms with van der Waals surface area (Å²) in [6.45, 7) is 2.07. The van der Waals surface area contributed by atoms with Crippen LogP contribution in [0, 0.1) is 0 Å². The van der Waals surface area contributed by atoms with Crippen molar-refractivity contribution in [2.45, 2.75) is 23.8 Å². The Kier molecular flexibility index (Phi) is 6.06. The van der Waals surface area contributed by atoms with Gasteiger partial charge in [-0.2, -0.15) is 0 Å². The number of anilines is 1. The molecule has 2 aliphatic heterocycles. The van der Waals surface area contributed by atoms with E-state index in [0.717, 1.165) is 12.8 Å². The first-order chi connectivity index (χ1) is 14.8. The second-order valence-electron chi connectivity index (χ2n) is 7.97. The fourth-order valence-corrected chi connectivity index (χ4v) is 4.98. The second-order valence-corrected chi connectivity index (χ2v) is 9.65. The van der Waals surface area contributed by atoms with E-state index >= 15 is 0 Å². The van der Waals surface area contributed by atoms with Gasteiger partial charge in [0.1, 0.15) is 13.2 Å². The summed E-state index contributed by atoms with van der Waals surface area (Å²) in [5.74, 6) is 0.731. The van der Waals surface area contributed by atoms with Gasteiger partial charge in [0.2, 0.25) is 0 Å². The molecule has 1 amide bonds. The summed E-state index contributed by atoms with van der Waals surface area (Å²) in [6, 6.07) is 11.5. The number of ether oxygens (including phenoxy) is 2. The van der Waals surface area contributed by atoms with Crippen molar-refractivity contribution in [1.29, 1.82) is 0 Å². The minimum atomic E-state index is -3.92. The van der Waals surface area contributed by atoms with E-state index in [2.05, 4.69) is 9.62 Å². The maximum absolute atomic E-state index is 13.2. The minimum Gasteiger partial charge on any atom is -0.486 e. The van der Waals surface area contributed by atoms with Gasteiger partial charge in [0, 0.05) is 25.2 Å². The zero-order valence-electron chi connectivity index (χ0n) is 17.7. The number of rotatable bonds is 5. The molecular formula is C22H27N3O5S. The van der Waals surface area contributed by atoms with Gasteiger partial charge in [0.15, 0.2) is 11.5 Å². The number of hydrogen-bond acceptors (Lipinski definition) is 6. The Morgan fingerprint density at radius 1 is 1.10 bits per heavy atom. The summed E-state index contributed by atoms with van der Waals surface area (Å²) in [6.07, 6.45) is 1.95. The summed E-state index contributed by atoms with van der Waals surface area (Å²) in [4.78, 5) is 17.2. The molecule has 0 radical (unpaired) electrons. The van der Waals surface area contributed by atoms with E-state index in [4.69, 9.17) is 9.47 Å². The number of likely N-dealkylation sites (tertiary alicyclic amines) is 1. The maximum atomic E-state index is 13.2. The quantitative estimate of drug-likeness (QED) is 0.761. The Bertz CT molecular complexity index is 1070. The van der Waals surface area contributed by atoms with E-state index in [1.54, 1.807) is 35.2 Å². The number of hydrogen-bond donors (Lipinski definition) is 1. The summed E-state index contributed by atoms with van der Waals surface area (Å²) in [5.41, 5.74) is 0.595. The van der Waals surface area contributed by atoms with Gasteiger partial charge >= 0.3 is 0 Å². The van der Waals surface area contributed by atoms with Gasteiger partial charge in [-0.1, -0.05) is 12.1 Å². The average Bonchev–Trinajstić information content (AvgIpc) is 2.78. The van der Waals surface area contributed by atoms with Crippen molar-refractivity contribution in [3.8, 4) is 11.5 Å². The number of fused-ring (bicyclic) bond motifs is 1. The summed E-state index contributed by atoms with van der Waals surface area (Å²) < 4.78 is 39.6. The summed E-state index contributed by atoms with van der Waals surface area (Å²) >= 11 is 0. The van der Waals surface area contributed by atoms with Crippen molar-refractivity contribution in [2.24, 2.45) is 0 Å². The highest BCUT2D eigenvalue weighted by atomic mass is 32.2. The molecule has 1 N–H and O–H groups in total. The predicted molar refractivity (Wildman–Crippen MR) is 117 cm³/mol. The molecule has 166 valence electrons. The van der Waals surface area contributed by atoms with Crippen LogP contribution in [0.1, 0.15) is 23.2 Å². The van der Waals surface area contributed by atoms with E-state index in [0.29, 0.717) is 49.4 Å². The van der Waals surface area contributed by atoms with Gasteiger partial charge < -0.3 is 19.3 Å². The van der Waals surface area contributed by atoms with Crippen LogP contribution in [-0.2, 0) is 10.0 Å². The molecule has 9 heteroatoms. The highest BCUT2D eigenvalue weighted by molar-refractivity contribution is 7.92. The standard InChI is InChI=1S/C22H27N3O5S/c1-24(2)16-6-5-11-25(15-16)22(26)18-7-3-4-8-19(18)23-31(27,28)17-9-10-20-21(14-17)30-13-12-29-20/h3-4,7-10,14,16,23H,5-6,11-13,15H2,1-2H3. The normalized spacial score (nSPS) is 18.7. The van der Waals surface area contributed by atoms with E-state index in [1.165, 1.54) is 12.1 Å². The molecule has 0 saturated carbocycles. The van der Waals surface area contributed by atoms with Crippen molar-refractivity contribution in [1.82, 2.24) is 9.80 Å². The second kappa shape index (κ2) is 8.76. The largest absolute Gasteiger partial charge is 0.486 e. The summed E-state index contributed by atoms with van der Waals surface area (Å²) in [5, 5.41) is 0. The molecule has 2 heterocycles. The lowest BCUT2D eigenvalue weighted by atomic mass is 10.0. The molecule has 2 aromatic carbocycles. The van der Waals surface area contributed by atoms with Gasteiger partial charge in [-0.05, 0) is 51.2 Å². The van der Waals surface area contributed by atoms with Crippen molar-refractivity contribution >= 4 is 21.6 Å². The monoisotopic (exact) mass is 445 g/mol. The molecule has 0 bridgehead atoms. The number of nitrogens with one attached hydrogen (secondary N) is 1. The average molecular weight is 446 g/mol. The van der Waals surface area contributed by atoms with Crippen LogP contribution in [0.4, 0.5) is 5.69 Å². The fourth-order valence-electron chi connectivity index (χ4n) is 3.88. The van der Waals surface area contributed by atoms with E-state index in [-0.39, 0.29) is 16.5 Å². The number of piperidine rings is 1. The smallest absolute Gasteiger partial charge is 0.262 e. The molecule has 2 aliphatic rings. The topological polar surface area (TPSA) is 88.2 Å². The number of amides is 1. The van der Waals surface area contributed by atoms with Crippen LogP contribution in [0.15, 0.2) is 47.4 Å². The van der Waals surface area contributed by atoms with Gasteiger partial charge in [-0.25, -0.2) is 8.42 Å². The number of sulfonamides is 1. The highest BCUT2D eigenvalue weighted by Crippen LogP contribution is 2.33. The highest BCUT2D eigenvalue weighted by Gasteiger charge is 2.28. The molecule has 0 spiro atoms. The first-order valence-electron chi connectivity index (χ1n) is 10.3. The third-order valence-electron chi connectivity index (χ3n) is 5.64. The van der Waals surface area contributed by atoms with Crippen LogP contribution in [0.2, 0.25) is 0 Å². The van der Waals surface area contributed by atoms with Crippen molar-refractivity contribution in [3.05, 3.63) is 48.0 Å². The van der Waals surface area contributed by atoms with Crippen molar-refractivity contribution < 1.29 is 22.7 Å². The number of carbonyl (C=O) groups excluding carboxylic acids is 1.